The molecular weight excluding hydrogens is 434 g/mol. The quantitative estimate of drug-likeness (QED) is 0.407. The van der Waals surface area contributed by atoms with Gasteiger partial charge in [0, 0.05) is 31.2 Å². The third-order valence-corrected chi connectivity index (χ3v) is 5.85. The topological polar surface area (TPSA) is 98.0 Å². The summed E-state index contributed by atoms with van der Waals surface area (Å²) < 4.78 is 28.1. The highest BCUT2D eigenvalue weighted by Gasteiger charge is 2.16. The fourth-order valence-corrected chi connectivity index (χ4v) is 4.04. The molecular formula is C26H33N3O5. The molecule has 0 unspecified atom stereocenters. The maximum Gasteiger partial charge on any atom is 0.163 e. The van der Waals surface area contributed by atoms with Gasteiger partial charge in [-0.2, -0.15) is 0 Å². The van der Waals surface area contributed by atoms with E-state index in [0.717, 1.165) is 24.2 Å². The zero-order valence-corrected chi connectivity index (χ0v) is 19.9. The van der Waals surface area contributed by atoms with Crippen molar-refractivity contribution in [2.75, 3.05) is 46.4 Å². The predicted octanol–water partition coefficient (Wildman–Crippen LogP) is 4.64. The van der Waals surface area contributed by atoms with Crippen LogP contribution in [0.25, 0.3) is 22.3 Å². The largest absolute Gasteiger partial charge is 0.490 e. The molecule has 0 aliphatic heterocycles. The van der Waals surface area contributed by atoms with E-state index in [-0.39, 0.29) is 0 Å². The lowest BCUT2D eigenvalue weighted by atomic mass is 9.98. The number of benzene rings is 2. The Balaban J connectivity index is 1.58. The van der Waals surface area contributed by atoms with Gasteiger partial charge in [0.05, 0.1) is 24.8 Å². The highest BCUT2D eigenvalue weighted by molar-refractivity contribution is 5.92. The van der Waals surface area contributed by atoms with Crippen LogP contribution < -0.4 is 19.9 Å². The first-order valence-electron chi connectivity index (χ1n) is 11.8. The van der Waals surface area contributed by atoms with Crippen LogP contribution in [0.1, 0.15) is 32.1 Å². The molecule has 8 nitrogen and oxygen atoms in total. The molecule has 1 saturated carbocycles. The zero-order chi connectivity index (χ0) is 23.8. The lowest BCUT2D eigenvalue weighted by Gasteiger charge is -2.23. The molecule has 0 amide bonds. The molecule has 0 bridgehead atoms. The third-order valence-electron chi connectivity index (χ3n) is 5.85. The number of nitrogens with two attached hydrogens (primary N) is 1. The van der Waals surface area contributed by atoms with E-state index in [1.165, 1.54) is 19.3 Å². The van der Waals surface area contributed by atoms with Crippen molar-refractivity contribution in [2.24, 2.45) is 0 Å². The molecule has 2 aromatic carbocycles. The van der Waals surface area contributed by atoms with Crippen LogP contribution in [0.2, 0.25) is 0 Å². The van der Waals surface area contributed by atoms with Crippen LogP contribution in [-0.4, -0.2) is 56.7 Å². The summed E-state index contributed by atoms with van der Waals surface area (Å²) >= 11 is 0. The average Bonchev–Trinajstić information content (AvgIpc) is 2.86. The number of nitrogens with zero attached hydrogens (tertiary/aromatic N) is 2. The number of ether oxygens (including phenoxy) is 5. The van der Waals surface area contributed by atoms with Crippen molar-refractivity contribution in [1.29, 1.82) is 0 Å². The molecule has 0 radical (unpaired) electrons. The Morgan fingerprint density at radius 2 is 1.47 bits per heavy atom. The van der Waals surface area contributed by atoms with Gasteiger partial charge in [-0.3, -0.25) is 0 Å². The fraction of sp³-hybridized carbons (Fsp3) is 0.462. The van der Waals surface area contributed by atoms with Crippen LogP contribution in [0, 0.1) is 0 Å². The molecule has 3 aromatic rings. The van der Waals surface area contributed by atoms with Crippen molar-refractivity contribution in [2.45, 2.75) is 38.2 Å². The summed E-state index contributed by atoms with van der Waals surface area (Å²) in [7, 11) is 3.26. The molecule has 0 spiro atoms. The van der Waals surface area contributed by atoms with Crippen LogP contribution in [0.5, 0.6) is 17.2 Å². The van der Waals surface area contributed by atoms with Gasteiger partial charge in [-0.15, -0.1) is 0 Å². The molecule has 1 fully saturated rings. The monoisotopic (exact) mass is 467 g/mol. The first-order chi connectivity index (χ1) is 16.7. The molecule has 1 aromatic heterocycles. The van der Waals surface area contributed by atoms with Gasteiger partial charge in [0.15, 0.2) is 17.3 Å². The van der Waals surface area contributed by atoms with Crippen molar-refractivity contribution in [3.8, 4) is 28.6 Å². The molecule has 34 heavy (non-hydrogen) atoms. The van der Waals surface area contributed by atoms with Gasteiger partial charge >= 0.3 is 0 Å². The maximum absolute atomic E-state index is 6.33. The minimum absolute atomic E-state index is 0.309. The van der Waals surface area contributed by atoms with Gasteiger partial charge < -0.3 is 29.4 Å². The van der Waals surface area contributed by atoms with Gasteiger partial charge in [-0.25, -0.2) is 9.97 Å². The second-order valence-corrected chi connectivity index (χ2v) is 8.33. The molecule has 2 N–H and O–H groups in total. The SMILES string of the molecule is COCCOc1cc2nc(-c3ccc(OC4CCCCC4)cc3)nc(N)c2cc1OCCOC. The molecule has 8 heteroatoms. The molecule has 0 saturated heterocycles. The van der Waals surface area contributed by atoms with E-state index in [0.29, 0.717) is 66.6 Å². The number of anilines is 1. The highest BCUT2D eigenvalue weighted by Crippen LogP contribution is 2.35. The molecule has 0 atom stereocenters. The highest BCUT2D eigenvalue weighted by atomic mass is 16.5. The Morgan fingerprint density at radius 1 is 0.824 bits per heavy atom. The van der Waals surface area contributed by atoms with E-state index in [1.807, 2.05) is 36.4 Å². The molecule has 1 aliphatic rings. The van der Waals surface area contributed by atoms with Crippen molar-refractivity contribution in [3.05, 3.63) is 36.4 Å². The number of nitrogen functional groups attached to an aromatic ring is 1. The first kappa shape index (κ1) is 24.0. The molecule has 182 valence electrons. The van der Waals surface area contributed by atoms with Crippen molar-refractivity contribution in [1.82, 2.24) is 9.97 Å². The molecule has 4 rings (SSSR count). The Morgan fingerprint density at radius 3 is 2.12 bits per heavy atom. The summed E-state index contributed by atoms with van der Waals surface area (Å²) in [4.78, 5) is 9.30. The van der Waals surface area contributed by atoms with E-state index in [2.05, 4.69) is 4.98 Å². The normalized spacial score (nSPS) is 14.3. The van der Waals surface area contributed by atoms with Gasteiger partial charge in [-0.05, 0) is 56.0 Å². The number of methoxy groups -OCH3 is 2. The van der Waals surface area contributed by atoms with Crippen LogP contribution in [0.3, 0.4) is 0 Å². The Bertz CT molecular complexity index is 1070. The lowest BCUT2D eigenvalue weighted by Crippen LogP contribution is -2.19. The van der Waals surface area contributed by atoms with Gasteiger partial charge in [0.2, 0.25) is 0 Å². The van der Waals surface area contributed by atoms with Gasteiger partial charge in [-0.1, -0.05) is 6.42 Å². The van der Waals surface area contributed by atoms with Crippen LogP contribution in [0.15, 0.2) is 36.4 Å². The molecule has 1 heterocycles. The van der Waals surface area contributed by atoms with Crippen molar-refractivity contribution in [3.63, 3.8) is 0 Å². The smallest absolute Gasteiger partial charge is 0.163 e. The van der Waals surface area contributed by atoms with Crippen molar-refractivity contribution < 1.29 is 23.7 Å². The number of hydrogen-bond acceptors (Lipinski definition) is 8. The minimum atomic E-state index is 0.309. The number of hydrogen-bond donors (Lipinski definition) is 1. The van der Waals surface area contributed by atoms with Crippen LogP contribution in [-0.2, 0) is 9.47 Å². The van der Waals surface area contributed by atoms with E-state index in [4.69, 9.17) is 34.4 Å². The fourth-order valence-electron chi connectivity index (χ4n) is 4.04. The summed E-state index contributed by atoms with van der Waals surface area (Å²) in [5.41, 5.74) is 7.87. The van der Waals surface area contributed by atoms with Crippen molar-refractivity contribution >= 4 is 16.7 Å². The van der Waals surface area contributed by atoms with E-state index < -0.39 is 0 Å². The standard InChI is InChI=1S/C26H33N3O5/c1-30-12-14-32-23-16-21-22(17-24(23)33-15-13-31-2)28-26(29-25(21)27)18-8-10-20(11-9-18)34-19-6-4-3-5-7-19/h8-11,16-17,19H,3-7,12-15H2,1-2H3,(H2,27,28,29). The lowest BCUT2D eigenvalue weighted by molar-refractivity contribution is 0.132. The Labute approximate surface area is 200 Å². The first-order valence-corrected chi connectivity index (χ1v) is 11.8. The van der Waals surface area contributed by atoms with Crippen LogP contribution >= 0.6 is 0 Å². The summed E-state index contributed by atoms with van der Waals surface area (Å²) in [5, 5.41) is 0.701. The summed E-state index contributed by atoms with van der Waals surface area (Å²) in [6, 6.07) is 11.5. The minimum Gasteiger partial charge on any atom is -0.490 e. The second kappa shape index (κ2) is 11.9. The molecule has 1 aliphatic carbocycles. The number of rotatable bonds is 11. The van der Waals surface area contributed by atoms with E-state index >= 15 is 0 Å². The summed E-state index contributed by atoms with van der Waals surface area (Å²) in [6.07, 6.45) is 6.34. The third kappa shape index (κ3) is 6.07. The van der Waals surface area contributed by atoms with Gasteiger partial charge in [0.1, 0.15) is 24.8 Å². The summed E-state index contributed by atoms with van der Waals surface area (Å²) in [5.74, 6) is 2.93. The average molecular weight is 468 g/mol. The van der Waals surface area contributed by atoms with Crippen LogP contribution in [0.4, 0.5) is 5.82 Å². The summed E-state index contributed by atoms with van der Waals surface area (Å²) in [6.45, 7) is 1.69. The second-order valence-electron chi connectivity index (χ2n) is 8.33. The predicted molar refractivity (Wildman–Crippen MR) is 132 cm³/mol. The maximum atomic E-state index is 6.33. The zero-order valence-electron chi connectivity index (χ0n) is 19.9. The van der Waals surface area contributed by atoms with E-state index in [9.17, 15) is 0 Å². The number of fused-ring (bicyclic) bond motifs is 1. The van der Waals surface area contributed by atoms with E-state index in [1.54, 1.807) is 14.2 Å². The number of aromatic nitrogens is 2. The Hall–Kier alpha value is -3.10. The van der Waals surface area contributed by atoms with Gasteiger partial charge in [0.25, 0.3) is 0 Å². The Kier molecular flexibility index (Phi) is 8.38.